The number of hydrogen-bond donors (Lipinski definition) is 1. The van der Waals surface area contributed by atoms with Gasteiger partial charge in [-0.25, -0.2) is 0 Å². The average molecular weight is 250 g/mol. The molecular weight excluding hydrogens is 228 g/mol. The Morgan fingerprint density at radius 2 is 2.11 bits per heavy atom. The fraction of sp³-hybridized carbons (Fsp3) is 0.600. The first-order valence-corrected chi connectivity index (χ1v) is 6.66. The summed E-state index contributed by atoms with van der Waals surface area (Å²) in [6, 6.07) is 5.96. The van der Waals surface area contributed by atoms with Gasteiger partial charge < -0.3 is 14.6 Å². The van der Waals surface area contributed by atoms with Crippen molar-refractivity contribution in [3.63, 3.8) is 0 Å². The highest BCUT2D eigenvalue weighted by Gasteiger charge is 2.16. The lowest BCUT2D eigenvalue weighted by Gasteiger charge is -2.23. The summed E-state index contributed by atoms with van der Waals surface area (Å²) in [6.07, 6.45) is 1.64. The zero-order valence-electron chi connectivity index (χ0n) is 11.2. The Morgan fingerprint density at radius 1 is 1.39 bits per heavy atom. The Hall–Kier alpha value is -1.06. The second kappa shape index (κ2) is 6.21. The van der Waals surface area contributed by atoms with E-state index in [9.17, 15) is 5.11 Å². The van der Waals surface area contributed by atoms with Gasteiger partial charge >= 0.3 is 0 Å². The van der Waals surface area contributed by atoms with Gasteiger partial charge in [-0.1, -0.05) is 11.6 Å². The molecule has 0 spiro atoms. The fourth-order valence-corrected chi connectivity index (χ4v) is 2.25. The summed E-state index contributed by atoms with van der Waals surface area (Å²) in [5.74, 6) is 1.38. The number of aliphatic hydroxyl groups excluding tert-OH is 1. The van der Waals surface area contributed by atoms with E-state index in [-0.39, 0.29) is 0 Å². The van der Waals surface area contributed by atoms with Crippen LogP contribution < -0.4 is 4.74 Å². The minimum Gasteiger partial charge on any atom is -0.493 e. The molecule has 0 aliphatic carbocycles. The molecule has 3 nitrogen and oxygen atoms in total. The molecule has 1 aromatic rings. The minimum absolute atomic E-state index is 0.491. The monoisotopic (exact) mass is 250 g/mol. The topological polar surface area (TPSA) is 38.7 Å². The normalized spacial score (nSPS) is 18.6. The third-order valence-electron chi connectivity index (χ3n) is 3.43. The molecular formula is C15H22O3. The van der Waals surface area contributed by atoms with Crippen LogP contribution >= 0.6 is 0 Å². The Balaban J connectivity index is 1.99. The molecule has 3 heteroatoms. The molecule has 2 rings (SSSR count). The Labute approximate surface area is 109 Å². The highest BCUT2D eigenvalue weighted by Crippen LogP contribution is 2.27. The van der Waals surface area contributed by atoms with Crippen molar-refractivity contribution in [3.8, 4) is 5.75 Å². The number of hydrogen-bond acceptors (Lipinski definition) is 3. The largest absolute Gasteiger partial charge is 0.493 e. The Bertz CT molecular complexity index is 381. The van der Waals surface area contributed by atoms with Crippen molar-refractivity contribution in [1.29, 1.82) is 0 Å². The van der Waals surface area contributed by atoms with E-state index in [1.54, 1.807) is 6.92 Å². The first kappa shape index (κ1) is 13.4. The number of aryl methyl sites for hydroxylation is 1. The van der Waals surface area contributed by atoms with E-state index in [0.29, 0.717) is 12.5 Å². The first-order valence-electron chi connectivity index (χ1n) is 6.66. The molecule has 1 fully saturated rings. The molecule has 0 amide bonds. The molecule has 1 aliphatic heterocycles. The predicted molar refractivity (Wildman–Crippen MR) is 70.9 cm³/mol. The lowest BCUT2D eigenvalue weighted by Crippen LogP contribution is -2.21. The van der Waals surface area contributed by atoms with Crippen LogP contribution in [0, 0.1) is 12.8 Å². The number of ether oxygens (including phenoxy) is 2. The minimum atomic E-state index is -0.491. The van der Waals surface area contributed by atoms with E-state index in [4.69, 9.17) is 9.47 Å². The number of aliphatic hydroxyl groups is 1. The lowest BCUT2D eigenvalue weighted by molar-refractivity contribution is 0.0491. The van der Waals surface area contributed by atoms with Crippen LogP contribution in [0.4, 0.5) is 0 Å². The SMILES string of the molecule is Cc1ccc(OCC2CCOCC2)c([C@@H](C)O)c1. The molecule has 1 aromatic carbocycles. The van der Waals surface area contributed by atoms with Gasteiger partial charge in [0.25, 0.3) is 0 Å². The van der Waals surface area contributed by atoms with Gasteiger partial charge in [-0.2, -0.15) is 0 Å². The molecule has 1 aliphatic rings. The summed E-state index contributed by atoms with van der Waals surface area (Å²) in [5.41, 5.74) is 2.02. The second-order valence-electron chi connectivity index (χ2n) is 5.08. The maximum absolute atomic E-state index is 9.77. The molecule has 1 heterocycles. The summed E-state index contributed by atoms with van der Waals surface area (Å²) in [6.45, 7) is 6.19. The van der Waals surface area contributed by atoms with Gasteiger partial charge in [0.1, 0.15) is 5.75 Å². The molecule has 0 unspecified atom stereocenters. The number of benzene rings is 1. The summed E-state index contributed by atoms with van der Waals surface area (Å²) in [4.78, 5) is 0. The van der Waals surface area contributed by atoms with Crippen LogP contribution in [-0.2, 0) is 4.74 Å². The van der Waals surface area contributed by atoms with Crippen molar-refractivity contribution in [3.05, 3.63) is 29.3 Å². The smallest absolute Gasteiger partial charge is 0.125 e. The standard InChI is InChI=1S/C15H22O3/c1-11-3-4-15(14(9-11)12(2)16)18-10-13-5-7-17-8-6-13/h3-4,9,12-13,16H,5-8,10H2,1-2H3/t12-/m1/s1. The summed E-state index contributed by atoms with van der Waals surface area (Å²) < 4.78 is 11.2. The average Bonchev–Trinajstić information content (AvgIpc) is 2.38. The third kappa shape index (κ3) is 3.47. The van der Waals surface area contributed by atoms with Crippen molar-refractivity contribution >= 4 is 0 Å². The van der Waals surface area contributed by atoms with Gasteiger partial charge in [-0.15, -0.1) is 0 Å². The van der Waals surface area contributed by atoms with Gasteiger partial charge in [0.15, 0.2) is 0 Å². The maximum Gasteiger partial charge on any atom is 0.125 e. The second-order valence-corrected chi connectivity index (χ2v) is 5.08. The van der Waals surface area contributed by atoms with Gasteiger partial charge in [-0.05, 0) is 44.7 Å². The van der Waals surface area contributed by atoms with E-state index in [0.717, 1.165) is 42.9 Å². The van der Waals surface area contributed by atoms with Crippen LogP contribution in [0.2, 0.25) is 0 Å². The van der Waals surface area contributed by atoms with Crippen LogP contribution in [0.5, 0.6) is 5.75 Å². The van der Waals surface area contributed by atoms with E-state index in [1.807, 2.05) is 25.1 Å². The molecule has 0 radical (unpaired) electrons. The van der Waals surface area contributed by atoms with Gasteiger partial charge in [0.2, 0.25) is 0 Å². The van der Waals surface area contributed by atoms with Crippen molar-refractivity contribution < 1.29 is 14.6 Å². The van der Waals surface area contributed by atoms with Crippen molar-refractivity contribution in [2.45, 2.75) is 32.8 Å². The molecule has 0 bridgehead atoms. The van der Waals surface area contributed by atoms with Crippen LogP contribution in [-0.4, -0.2) is 24.9 Å². The maximum atomic E-state index is 9.77. The molecule has 0 saturated carbocycles. The van der Waals surface area contributed by atoms with Crippen molar-refractivity contribution in [2.75, 3.05) is 19.8 Å². The van der Waals surface area contributed by atoms with Gasteiger partial charge in [-0.3, -0.25) is 0 Å². The van der Waals surface area contributed by atoms with Crippen molar-refractivity contribution in [1.82, 2.24) is 0 Å². The Kier molecular flexibility index (Phi) is 4.61. The fourth-order valence-electron chi connectivity index (χ4n) is 2.25. The molecule has 1 N–H and O–H groups in total. The summed E-state index contributed by atoms with van der Waals surface area (Å²) >= 11 is 0. The van der Waals surface area contributed by atoms with E-state index in [2.05, 4.69) is 0 Å². The van der Waals surface area contributed by atoms with Crippen LogP contribution in [0.25, 0.3) is 0 Å². The highest BCUT2D eigenvalue weighted by molar-refractivity contribution is 5.38. The van der Waals surface area contributed by atoms with Crippen LogP contribution in [0.15, 0.2) is 18.2 Å². The summed E-state index contributed by atoms with van der Waals surface area (Å²) in [7, 11) is 0. The molecule has 100 valence electrons. The van der Waals surface area contributed by atoms with Crippen LogP contribution in [0.1, 0.15) is 37.0 Å². The van der Waals surface area contributed by atoms with E-state index < -0.39 is 6.10 Å². The molecule has 1 atom stereocenters. The van der Waals surface area contributed by atoms with Gasteiger partial charge in [0.05, 0.1) is 12.7 Å². The molecule has 1 saturated heterocycles. The van der Waals surface area contributed by atoms with Crippen LogP contribution in [0.3, 0.4) is 0 Å². The zero-order valence-corrected chi connectivity index (χ0v) is 11.2. The van der Waals surface area contributed by atoms with E-state index in [1.165, 1.54) is 0 Å². The quantitative estimate of drug-likeness (QED) is 0.893. The zero-order chi connectivity index (χ0) is 13.0. The number of rotatable bonds is 4. The first-order chi connectivity index (χ1) is 8.66. The predicted octanol–water partition coefficient (Wildman–Crippen LogP) is 2.85. The molecule has 0 aromatic heterocycles. The van der Waals surface area contributed by atoms with Gasteiger partial charge in [0, 0.05) is 18.8 Å². The van der Waals surface area contributed by atoms with E-state index >= 15 is 0 Å². The highest BCUT2D eigenvalue weighted by atomic mass is 16.5. The van der Waals surface area contributed by atoms with Crippen molar-refractivity contribution in [2.24, 2.45) is 5.92 Å². The third-order valence-corrected chi connectivity index (χ3v) is 3.43. The Morgan fingerprint density at radius 3 is 2.78 bits per heavy atom. The summed E-state index contributed by atoms with van der Waals surface area (Å²) in [5, 5.41) is 9.77. The lowest BCUT2D eigenvalue weighted by atomic mass is 10.0. The molecule has 18 heavy (non-hydrogen) atoms.